The van der Waals surface area contributed by atoms with Crippen LogP contribution < -0.4 is 4.72 Å². The summed E-state index contributed by atoms with van der Waals surface area (Å²) in [6.45, 7) is 3.63. The van der Waals surface area contributed by atoms with E-state index in [2.05, 4.69) is 4.72 Å². The molecule has 2 N–H and O–H groups in total. The van der Waals surface area contributed by atoms with E-state index in [1.54, 1.807) is 0 Å². The average Bonchev–Trinajstić information content (AvgIpc) is 2.85. The van der Waals surface area contributed by atoms with Gasteiger partial charge in [0, 0.05) is 18.3 Å². The number of nitrogens with zero attached hydrogens (tertiary/aromatic N) is 1. The van der Waals surface area contributed by atoms with Crippen molar-refractivity contribution in [1.82, 2.24) is 9.29 Å². The third-order valence-electron chi connectivity index (χ3n) is 3.84. The molecule has 1 aromatic rings. The van der Waals surface area contributed by atoms with Crippen LogP contribution in [-0.4, -0.2) is 30.1 Å². The van der Waals surface area contributed by atoms with Crippen LogP contribution in [0.2, 0.25) is 0 Å². The highest BCUT2D eigenvalue weighted by Crippen LogP contribution is 2.22. The van der Waals surface area contributed by atoms with Crippen molar-refractivity contribution in [3.05, 3.63) is 18.0 Å². The first-order chi connectivity index (χ1) is 9.81. The Labute approximate surface area is 125 Å². The Balaban J connectivity index is 2.27. The molecule has 1 saturated carbocycles. The summed E-state index contributed by atoms with van der Waals surface area (Å²) in [5.41, 5.74) is -0.00554. The maximum atomic E-state index is 12.4. The number of carbonyl (C=O) groups is 1. The number of aromatic carboxylic acids is 1. The molecule has 0 spiro atoms. The summed E-state index contributed by atoms with van der Waals surface area (Å²) in [7, 11) is -3.66. The molecule has 7 heteroatoms. The molecule has 0 aromatic carbocycles. The molecule has 0 unspecified atom stereocenters. The van der Waals surface area contributed by atoms with Crippen LogP contribution >= 0.6 is 0 Å². The highest BCUT2D eigenvalue weighted by atomic mass is 32.2. The van der Waals surface area contributed by atoms with Gasteiger partial charge in [-0.1, -0.05) is 19.3 Å². The van der Waals surface area contributed by atoms with Gasteiger partial charge in [-0.3, -0.25) is 0 Å². The Morgan fingerprint density at radius 1 is 1.33 bits per heavy atom. The second-order valence-corrected chi connectivity index (χ2v) is 7.54. The van der Waals surface area contributed by atoms with E-state index < -0.39 is 16.0 Å². The largest absolute Gasteiger partial charge is 0.477 e. The fraction of sp³-hybridized carbons (Fsp3) is 0.643. The Kier molecular flexibility index (Phi) is 4.73. The molecule has 0 saturated heterocycles. The van der Waals surface area contributed by atoms with Gasteiger partial charge in [0.1, 0.15) is 10.6 Å². The van der Waals surface area contributed by atoms with Gasteiger partial charge in [0.25, 0.3) is 0 Å². The maximum Gasteiger partial charge on any atom is 0.352 e. The first-order valence-corrected chi connectivity index (χ1v) is 8.77. The molecule has 118 valence electrons. The van der Waals surface area contributed by atoms with Crippen molar-refractivity contribution in [3.63, 3.8) is 0 Å². The lowest BCUT2D eigenvalue weighted by molar-refractivity contribution is 0.0683. The van der Waals surface area contributed by atoms with Crippen molar-refractivity contribution in [2.75, 3.05) is 0 Å². The van der Waals surface area contributed by atoms with Crippen LogP contribution in [0.25, 0.3) is 0 Å². The van der Waals surface area contributed by atoms with Crippen LogP contribution in [0.15, 0.2) is 17.2 Å². The van der Waals surface area contributed by atoms with Gasteiger partial charge in [0.15, 0.2) is 0 Å². The van der Waals surface area contributed by atoms with Crippen molar-refractivity contribution in [2.24, 2.45) is 0 Å². The van der Waals surface area contributed by atoms with E-state index in [4.69, 9.17) is 0 Å². The van der Waals surface area contributed by atoms with Crippen molar-refractivity contribution < 1.29 is 18.3 Å². The van der Waals surface area contributed by atoms with Gasteiger partial charge in [-0.05, 0) is 32.8 Å². The minimum absolute atomic E-state index is 0.00554. The zero-order valence-electron chi connectivity index (χ0n) is 12.4. The maximum absolute atomic E-state index is 12.4. The molecular formula is C14H22N2O4S. The predicted octanol–water partition coefficient (Wildman–Crippen LogP) is 2.38. The van der Waals surface area contributed by atoms with E-state index in [1.165, 1.54) is 16.8 Å². The van der Waals surface area contributed by atoms with Gasteiger partial charge >= 0.3 is 5.97 Å². The number of rotatable bonds is 5. The number of carboxylic acid groups (broad SMARTS) is 1. The minimum atomic E-state index is -3.66. The van der Waals surface area contributed by atoms with E-state index >= 15 is 0 Å². The summed E-state index contributed by atoms with van der Waals surface area (Å²) in [6, 6.07) is 1.07. The highest BCUT2D eigenvalue weighted by Gasteiger charge is 2.25. The van der Waals surface area contributed by atoms with Crippen LogP contribution in [0.4, 0.5) is 0 Å². The lowest BCUT2D eigenvalue weighted by atomic mass is 9.96. The second-order valence-electron chi connectivity index (χ2n) is 5.82. The van der Waals surface area contributed by atoms with Crippen LogP contribution in [-0.2, 0) is 10.0 Å². The number of hydrogen-bond acceptors (Lipinski definition) is 3. The lowest BCUT2D eigenvalue weighted by Gasteiger charge is -2.22. The molecule has 0 aliphatic heterocycles. The van der Waals surface area contributed by atoms with Crippen LogP contribution in [0.1, 0.15) is 62.5 Å². The quantitative estimate of drug-likeness (QED) is 0.873. The Morgan fingerprint density at radius 2 is 1.95 bits per heavy atom. The molecule has 1 aromatic heterocycles. The smallest absolute Gasteiger partial charge is 0.352 e. The van der Waals surface area contributed by atoms with Crippen molar-refractivity contribution in [2.45, 2.75) is 62.9 Å². The monoisotopic (exact) mass is 314 g/mol. The molecule has 1 aliphatic carbocycles. The molecule has 1 fully saturated rings. The molecule has 6 nitrogen and oxygen atoms in total. The third kappa shape index (κ3) is 3.65. The normalized spacial score (nSPS) is 17.3. The topological polar surface area (TPSA) is 88.4 Å². The zero-order valence-corrected chi connectivity index (χ0v) is 13.2. The third-order valence-corrected chi connectivity index (χ3v) is 5.32. The van der Waals surface area contributed by atoms with Crippen LogP contribution in [0, 0.1) is 0 Å². The lowest BCUT2D eigenvalue weighted by Crippen LogP contribution is -2.36. The van der Waals surface area contributed by atoms with Crippen molar-refractivity contribution in [3.8, 4) is 0 Å². The SMILES string of the molecule is CC(C)n1cc(S(=O)(=O)NC2CCCCC2)cc1C(=O)O. The molecule has 21 heavy (non-hydrogen) atoms. The molecule has 1 heterocycles. The van der Waals surface area contributed by atoms with Gasteiger partial charge in [0.2, 0.25) is 10.0 Å². The van der Waals surface area contributed by atoms with Gasteiger partial charge < -0.3 is 9.67 Å². The van der Waals surface area contributed by atoms with Crippen LogP contribution in [0.5, 0.6) is 0 Å². The Morgan fingerprint density at radius 3 is 2.43 bits per heavy atom. The number of carboxylic acids is 1. The zero-order chi connectivity index (χ0) is 15.6. The molecule has 0 bridgehead atoms. The van der Waals surface area contributed by atoms with Gasteiger partial charge in [-0.2, -0.15) is 0 Å². The van der Waals surface area contributed by atoms with E-state index in [9.17, 15) is 18.3 Å². The minimum Gasteiger partial charge on any atom is -0.477 e. The molecule has 1 aliphatic rings. The summed E-state index contributed by atoms with van der Waals surface area (Å²) < 4.78 is 29.0. The number of sulfonamides is 1. The molecule has 2 rings (SSSR count). The summed E-state index contributed by atoms with van der Waals surface area (Å²) >= 11 is 0. The fourth-order valence-corrected chi connectivity index (χ4v) is 4.04. The number of nitrogens with one attached hydrogen (secondary N) is 1. The van der Waals surface area contributed by atoms with Gasteiger partial charge in [0.05, 0.1) is 0 Å². The van der Waals surface area contributed by atoms with Crippen molar-refractivity contribution in [1.29, 1.82) is 0 Å². The van der Waals surface area contributed by atoms with E-state index in [0.29, 0.717) is 0 Å². The second kappa shape index (κ2) is 6.19. The summed E-state index contributed by atoms with van der Waals surface area (Å²) in [5, 5.41) is 9.18. The van der Waals surface area contributed by atoms with Gasteiger partial charge in [-0.15, -0.1) is 0 Å². The van der Waals surface area contributed by atoms with Gasteiger partial charge in [-0.25, -0.2) is 17.9 Å². The highest BCUT2D eigenvalue weighted by molar-refractivity contribution is 7.89. The first kappa shape index (κ1) is 16.0. The molecule has 0 atom stereocenters. The molecule has 0 radical (unpaired) electrons. The molecular weight excluding hydrogens is 292 g/mol. The average molecular weight is 314 g/mol. The summed E-state index contributed by atoms with van der Waals surface area (Å²) in [5.74, 6) is -1.12. The molecule has 0 amide bonds. The van der Waals surface area contributed by atoms with Crippen molar-refractivity contribution >= 4 is 16.0 Å². The number of hydrogen-bond donors (Lipinski definition) is 2. The Hall–Kier alpha value is -1.34. The fourth-order valence-electron chi connectivity index (χ4n) is 2.71. The predicted molar refractivity (Wildman–Crippen MR) is 79.0 cm³/mol. The van der Waals surface area contributed by atoms with E-state index in [0.717, 1.165) is 32.1 Å². The summed E-state index contributed by atoms with van der Waals surface area (Å²) in [4.78, 5) is 11.2. The first-order valence-electron chi connectivity index (χ1n) is 7.29. The Bertz CT molecular complexity index is 613. The summed E-state index contributed by atoms with van der Waals surface area (Å²) in [6.07, 6.45) is 6.29. The standard InChI is InChI=1S/C14H22N2O4S/c1-10(2)16-9-12(8-13(16)14(17)18)21(19,20)15-11-6-4-3-5-7-11/h8-11,15H,3-7H2,1-2H3,(H,17,18). The number of aromatic nitrogens is 1. The van der Waals surface area contributed by atoms with Crippen LogP contribution in [0.3, 0.4) is 0 Å². The van der Waals surface area contributed by atoms with E-state index in [1.807, 2.05) is 13.8 Å². The van der Waals surface area contributed by atoms with E-state index in [-0.39, 0.29) is 22.7 Å².